The van der Waals surface area contributed by atoms with E-state index in [9.17, 15) is 0 Å². The number of anilines is 1. The molecule has 4 heteroatoms. The monoisotopic (exact) mass is 420 g/mol. The SMILES string of the molecule is Cc1ccccc1[C@H](NC(=S)Nc1ccc(CSc2ccccc2)cc1)C(C)C. The van der Waals surface area contributed by atoms with Crippen LogP contribution >= 0.6 is 24.0 Å². The summed E-state index contributed by atoms with van der Waals surface area (Å²) in [6, 6.07) is 27.6. The van der Waals surface area contributed by atoms with Gasteiger partial charge in [0.2, 0.25) is 0 Å². The number of aryl methyl sites for hydroxylation is 1. The quantitative estimate of drug-likeness (QED) is 0.318. The van der Waals surface area contributed by atoms with Gasteiger partial charge in [0.05, 0.1) is 6.04 Å². The molecule has 0 saturated heterocycles. The Hall–Kier alpha value is -2.30. The molecule has 0 aliphatic carbocycles. The van der Waals surface area contributed by atoms with Gasteiger partial charge in [-0.05, 0) is 66.0 Å². The third kappa shape index (κ3) is 6.34. The lowest BCUT2D eigenvalue weighted by Gasteiger charge is -2.26. The second-order valence-corrected chi connectivity index (χ2v) is 8.93. The number of thiocarbonyl (C=S) groups is 1. The van der Waals surface area contributed by atoms with Crippen LogP contribution in [0.4, 0.5) is 5.69 Å². The van der Waals surface area contributed by atoms with Gasteiger partial charge in [0.25, 0.3) is 0 Å². The van der Waals surface area contributed by atoms with Crippen LogP contribution in [-0.4, -0.2) is 5.11 Å². The fraction of sp³-hybridized carbons (Fsp3) is 0.240. The highest BCUT2D eigenvalue weighted by Crippen LogP contribution is 2.25. The highest BCUT2D eigenvalue weighted by molar-refractivity contribution is 7.98. The van der Waals surface area contributed by atoms with Crippen molar-refractivity contribution in [2.45, 2.75) is 37.5 Å². The number of nitrogens with one attached hydrogen (secondary N) is 2. The van der Waals surface area contributed by atoms with Gasteiger partial charge in [-0.1, -0.05) is 68.4 Å². The first kappa shape index (κ1) is 21.4. The zero-order chi connectivity index (χ0) is 20.6. The van der Waals surface area contributed by atoms with E-state index in [1.165, 1.54) is 21.6 Å². The minimum atomic E-state index is 0.178. The van der Waals surface area contributed by atoms with E-state index in [1.807, 2.05) is 17.8 Å². The second kappa shape index (κ2) is 10.5. The molecule has 0 fully saturated rings. The van der Waals surface area contributed by atoms with Crippen molar-refractivity contribution in [2.75, 3.05) is 5.32 Å². The van der Waals surface area contributed by atoms with E-state index in [1.54, 1.807) is 0 Å². The molecule has 150 valence electrons. The summed E-state index contributed by atoms with van der Waals surface area (Å²) >= 11 is 7.44. The Kier molecular flexibility index (Phi) is 7.73. The van der Waals surface area contributed by atoms with E-state index in [2.05, 4.69) is 104 Å². The van der Waals surface area contributed by atoms with E-state index in [0.717, 1.165) is 11.4 Å². The summed E-state index contributed by atoms with van der Waals surface area (Å²) in [6.07, 6.45) is 0. The molecule has 0 aromatic heterocycles. The molecule has 0 amide bonds. The van der Waals surface area contributed by atoms with Crippen LogP contribution in [0.15, 0.2) is 83.8 Å². The van der Waals surface area contributed by atoms with Gasteiger partial charge >= 0.3 is 0 Å². The minimum absolute atomic E-state index is 0.178. The molecule has 0 saturated carbocycles. The van der Waals surface area contributed by atoms with Gasteiger partial charge in [-0.3, -0.25) is 0 Å². The zero-order valence-electron chi connectivity index (χ0n) is 17.2. The van der Waals surface area contributed by atoms with Crippen LogP contribution in [0.2, 0.25) is 0 Å². The highest BCUT2D eigenvalue weighted by Gasteiger charge is 2.18. The molecule has 0 heterocycles. The van der Waals surface area contributed by atoms with Crippen LogP contribution in [0.5, 0.6) is 0 Å². The van der Waals surface area contributed by atoms with Crippen LogP contribution in [0.25, 0.3) is 0 Å². The predicted octanol–water partition coefficient (Wildman–Crippen LogP) is 6.97. The maximum atomic E-state index is 5.60. The smallest absolute Gasteiger partial charge is 0.171 e. The fourth-order valence-electron chi connectivity index (χ4n) is 3.22. The van der Waals surface area contributed by atoms with Crippen LogP contribution in [0, 0.1) is 12.8 Å². The van der Waals surface area contributed by atoms with Crippen molar-refractivity contribution in [1.82, 2.24) is 5.32 Å². The molecule has 0 aliphatic rings. The van der Waals surface area contributed by atoms with Gasteiger partial charge in [-0.25, -0.2) is 0 Å². The molecule has 0 spiro atoms. The normalized spacial score (nSPS) is 11.9. The Labute approximate surface area is 184 Å². The number of thioether (sulfide) groups is 1. The van der Waals surface area contributed by atoms with Crippen molar-refractivity contribution >= 4 is 34.8 Å². The van der Waals surface area contributed by atoms with Crippen LogP contribution in [-0.2, 0) is 5.75 Å². The summed E-state index contributed by atoms with van der Waals surface area (Å²) in [4.78, 5) is 1.29. The average Bonchev–Trinajstić information content (AvgIpc) is 2.73. The molecule has 29 heavy (non-hydrogen) atoms. The molecule has 3 aromatic carbocycles. The maximum Gasteiger partial charge on any atom is 0.171 e. The summed E-state index contributed by atoms with van der Waals surface area (Å²) in [5.41, 5.74) is 4.87. The van der Waals surface area contributed by atoms with E-state index >= 15 is 0 Å². The van der Waals surface area contributed by atoms with Gasteiger partial charge in [-0.15, -0.1) is 11.8 Å². The number of hydrogen-bond acceptors (Lipinski definition) is 2. The van der Waals surface area contributed by atoms with Crippen LogP contribution in [0.1, 0.15) is 36.6 Å². The van der Waals surface area contributed by atoms with Crippen LogP contribution in [0.3, 0.4) is 0 Å². The van der Waals surface area contributed by atoms with Gasteiger partial charge < -0.3 is 10.6 Å². The molecule has 3 aromatic rings. The molecule has 1 atom stereocenters. The molecule has 2 N–H and O–H groups in total. The number of rotatable bonds is 7. The largest absolute Gasteiger partial charge is 0.355 e. The third-order valence-electron chi connectivity index (χ3n) is 4.84. The van der Waals surface area contributed by atoms with Gasteiger partial charge in [0.1, 0.15) is 0 Å². The summed E-state index contributed by atoms with van der Waals surface area (Å²) in [5, 5.41) is 7.48. The van der Waals surface area contributed by atoms with Crippen molar-refractivity contribution < 1.29 is 0 Å². The van der Waals surface area contributed by atoms with Crippen LogP contribution < -0.4 is 10.6 Å². The molecular weight excluding hydrogens is 392 g/mol. The second-order valence-electron chi connectivity index (χ2n) is 7.48. The van der Waals surface area contributed by atoms with Gasteiger partial charge in [0.15, 0.2) is 5.11 Å². The van der Waals surface area contributed by atoms with Crippen molar-refractivity contribution in [1.29, 1.82) is 0 Å². The predicted molar refractivity (Wildman–Crippen MR) is 131 cm³/mol. The first-order chi connectivity index (χ1) is 14.0. The molecule has 0 bridgehead atoms. The molecule has 2 nitrogen and oxygen atoms in total. The van der Waals surface area contributed by atoms with Gasteiger partial charge in [0, 0.05) is 16.3 Å². The lowest BCUT2D eigenvalue weighted by molar-refractivity contribution is 0.471. The van der Waals surface area contributed by atoms with Crippen molar-refractivity contribution in [2.24, 2.45) is 5.92 Å². The number of hydrogen-bond donors (Lipinski definition) is 2. The maximum absolute atomic E-state index is 5.60. The Balaban J connectivity index is 1.57. The highest BCUT2D eigenvalue weighted by atomic mass is 32.2. The summed E-state index contributed by atoms with van der Waals surface area (Å²) in [5.74, 6) is 1.38. The molecule has 0 unspecified atom stereocenters. The van der Waals surface area contributed by atoms with E-state index in [-0.39, 0.29) is 6.04 Å². The Morgan fingerprint density at radius 3 is 2.21 bits per heavy atom. The Morgan fingerprint density at radius 1 is 0.897 bits per heavy atom. The lowest BCUT2D eigenvalue weighted by Crippen LogP contribution is -2.35. The first-order valence-corrected chi connectivity index (χ1v) is 11.3. The topological polar surface area (TPSA) is 24.1 Å². The average molecular weight is 421 g/mol. The zero-order valence-corrected chi connectivity index (χ0v) is 18.8. The first-order valence-electron chi connectivity index (χ1n) is 9.93. The van der Waals surface area contributed by atoms with Crippen molar-refractivity contribution in [3.05, 3.63) is 95.6 Å². The van der Waals surface area contributed by atoms with E-state index < -0.39 is 0 Å². The number of benzene rings is 3. The summed E-state index contributed by atoms with van der Waals surface area (Å²) in [6.45, 7) is 6.58. The minimum Gasteiger partial charge on any atom is -0.355 e. The molecule has 0 aliphatic heterocycles. The molecule has 0 radical (unpaired) electrons. The van der Waals surface area contributed by atoms with E-state index in [4.69, 9.17) is 12.2 Å². The summed E-state index contributed by atoms with van der Waals surface area (Å²) < 4.78 is 0. The summed E-state index contributed by atoms with van der Waals surface area (Å²) in [7, 11) is 0. The Bertz CT molecular complexity index is 921. The van der Waals surface area contributed by atoms with Crippen molar-refractivity contribution in [3.8, 4) is 0 Å². The molecule has 3 rings (SSSR count). The van der Waals surface area contributed by atoms with E-state index in [0.29, 0.717) is 11.0 Å². The Morgan fingerprint density at radius 2 is 1.55 bits per heavy atom. The fourth-order valence-corrected chi connectivity index (χ4v) is 4.34. The standard InChI is InChI=1S/C25H28N2S2/c1-18(2)24(23-12-8-7-9-19(23)3)27-25(28)26-21-15-13-20(14-16-21)17-29-22-10-5-4-6-11-22/h4-16,18,24H,17H2,1-3H3,(H2,26,27,28)/t24-/m1/s1. The molecular formula is C25H28N2S2. The third-order valence-corrected chi connectivity index (χ3v) is 6.14. The van der Waals surface area contributed by atoms with Gasteiger partial charge in [-0.2, -0.15) is 0 Å². The van der Waals surface area contributed by atoms with Crippen molar-refractivity contribution in [3.63, 3.8) is 0 Å². The lowest BCUT2D eigenvalue weighted by atomic mass is 9.93.